The van der Waals surface area contributed by atoms with Crippen LogP contribution in [0.2, 0.25) is 0 Å². The molecule has 0 aliphatic carbocycles. The molecule has 0 aliphatic rings. The molecule has 1 heterocycles. The average Bonchev–Trinajstić information content (AvgIpc) is 3.06. The van der Waals surface area contributed by atoms with Gasteiger partial charge in [0.1, 0.15) is 5.76 Å². The van der Waals surface area contributed by atoms with Crippen LogP contribution in [-0.2, 0) is 0 Å². The van der Waals surface area contributed by atoms with Crippen molar-refractivity contribution in [2.45, 2.75) is 23.8 Å². The SMILES string of the molecule is Cc1ccc(Sc2ccc(C=NNC(=O)Nc3ccccc3C)o2)cc1. The second-order valence-electron chi connectivity index (χ2n) is 5.71. The van der Waals surface area contributed by atoms with Crippen LogP contribution in [0.4, 0.5) is 10.5 Å². The summed E-state index contributed by atoms with van der Waals surface area (Å²) in [4.78, 5) is 13.0. The molecule has 132 valence electrons. The van der Waals surface area contributed by atoms with E-state index in [1.54, 1.807) is 6.07 Å². The monoisotopic (exact) mass is 365 g/mol. The van der Waals surface area contributed by atoms with E-state index in [2.05, 4.69) is 34.9 Å². The number of nitrogens with zero attached hydrogens (tertiary/aromatic N) is 1. The van der Waals surface area contributed by atoms with E-state index in [9.17, 15) is 4.79 Å². The van der Waals surface area contributed by atoms with E-state index in [0.29, 0.717) is 5.76 Å². The first-order valence-electron chi connectivity index (χ1n) is 8.10. The Morgan fingerprint density at radius 3 is 2.58 bits per heavy atom. The summed E-state index contributed by atoms with van der Waals surface area (Å²) in [5.74, 6) is 0.566. The minimum absolute atomic E-state index is 0.406. The van der Waals surface area contributed by atoms with Gasteiger partial charge in [-0.05, 0) is 49.7 Å². The first-order chi connectivity index (χ1) is 12.6. The number of hydrazone groups is 1. The topological polar surface area (TPSA) is 66.6 Å². The predicted molar refractivity (Wildman–Crippen MR) is 105 cm³/mol. The number of benzene rings is 2. The summed E-state index contributed by atoms with van der Waals surface area (Å²) in [6.07, 6.45) is 1.47. The van der Waals surface area contributed by atoms with Crippen LogP contribution in [0, 0.1) is 13.8 Å². The van der Waals surface area contributed by atoms with Gasteiger partial charge in [-0.15, -0.1) is 0 Å². The molecule has 3 rings (SSSR count). The number of carbonyl (C=O) groups is 1. The summed E-state index contributed by atoms with van der Waals surface area (Å²) in [7, 11) is 0. The molecule has 0 atom stereocenters. The van der Waals surface area contributed by atoms with Crippen LogP contribution in [0.15, 0.2) is 80.2 Å². The Morgan fingerprint density at radius 2 is 1.81 bits per heavy atom. The van der Waals surface area contributed by atoms with Crippen LogP contribution in [0.1, 0.15) is 16.9 Å². The highest BCUT2D eigenvalue weighted by Gasteiger charge is 2.04. The molecule has 6 heteroatoms. The molecule has 2 aromatic carbocycles. The molecule has 26 heavy (non-hydrogen) atoms. The summed E-state index contributed by atoms with van der Waals surface area (Å²) in [6.45, 7) is 3.98. The van der Waals surface area contributed by atoms with Crippen molar-refractivity contribution < 1.29 is 9.21 Å². The molecule has 0 saturated heterocycles. The summed E-state index contributed by atoms with van der Waals surface area (Å²) >= 11 is 1.53. The van der Waals surface area contributed by atoms with E-state index in [0.717, 1.165) is 21.2 Å². The Morgan fingerprint density at radius 1 is 1.04 bits per heavy atom. The molecule has 5 nitrogen and oxygen atoms in total. The second kappa shape index (κ2) is 8.40. The molecule has 2 N–H and O–H groups in total. The smallest absolute Gasteiger partial charge is 0.339 e. The molecule has 0 aliphatic heterocycles. The van der Waals surface area contributed by atoms with E-state index >= 15 is 0 Å². The molecule has 0 bridgehead atoms. The number of nitrogens with one attached hydrogen (secondary N) is 2. The van der Waals surface area contributed by atoms with Crippen molar-refractivity contribution in [3.63, 3.8) is 0 Å². The molecule has 0 fully saturated rings. The molecule has 1 aromatic heterocycles. The van der Waals surface area contributed by atoms with Gasteiger partial charge in [0.25, 0.3) is 0 Å². The summed E-state index contributed by atoms with van der Waals surface area (Å²) in [5.41, 5.74) is 5.37. The quantitative estimate of drug-likeness (QED) is 0.482. The number of hydrogen-bond acceptors (Lipinski definition) is 4. The third-order valence-corrected chi connectivity index (χ3v) is 4.52. The van der Waals surface area contributed by atoms with E-state index < -0.39 is 6.03 Å². The van der Waals surface area contributed by atoms with Crippen molar-refractivity contribution in [3.8, 4) is 0 Å². The first kappa shape index (κ1) is 17.8. The van der Waals surface area contributed by atoms with E-state index in [4.69, 9.17) is 4.42 Å². The number of hydrogen-bond donors (Lipinski definition) is 2. The summed E-state index contributed by atoms with van der Waals surface area (Å²) in [5, 5.41) is 7.41. The Hall–Kier alpha value is -2.99. The predicted octanol–water partition coefficient (Wildman–Crippen LogP) is 5.20. The van der Waals surface area contributed by atoms with Gasteiger partial charge in [-0.2, -0.15) is 5.10 Å². The minimum Gasteiger partial charge on any atom is -0.448 e. The molecule has 0 spiro atoms. The Kier molecular flexibility index (Phi) is 5.76. The number of para-hydroxylation sites is 1. The fraction of sp³-hybridized carbons (Fsp3) is 0.100. The van der Waals surface area contributed by atoms with Crippen LogP contribution >= 0.6 is 11.8 Å². The number of urea groups is 1. The number of anilines is 1. The molecule has 3 aromatic rings. The van der Waals surface area contributed by atoms with E-state index in [1.165, 1.54) is 23.5 Å². The van der Waals surface area contributed by atoms with Crippen molar-refractivity contribution in [2.75, 3.05) is 5.32 Å². The second-order valence-corrected chi connectivity index (χ2v) is 6.79. The van der Waals surface area contributed by atoms with Crippen molar-refractivity contribution in [1.82, 2.24) is 5.43 Å². The van der Waals surface area contributed by atoms with Gasteiger partial charge in [-0.25, -0.2) is 10.2 Å². The molecular formula is C20H19N3O2S. The fourth-order valence-corrected chi connectivity index (χ4v) is 2.98. The number of aryl methyl sites for hydroxylation is 2. The molecule has 2 amide bonds. The molecule has 0 saturated carbocycles. The third kappa shape index (κ3) is 5.00. The molecule has 0 unspecified atom stereocenters. The van der Waals surface area contributed by atoms with Crippen LogP contribution in [0.5, 0.6) is 0 Å². The van der Waals surface area contributed by atoms with E-state index in [1.807, 2.05) is 49.4 Å². The lowest BCUT2D eigenvalue weighted by Crippen LogP contribution is -2.24. The van der Waals surface area contributed by atoms with Gasteiger partial charge in [0.2, 0.25) is 0 Å². The lowest BCUT2D eigenvalue weighted by molar-refractivity contribution is 0.252. The molecule has 0 radical (unpaired) electrons. The number of rotatable bonds is 5. The lowest BCUT2D eigenvalue weighted by Gasteiger charge is -2.06. The number of carbonyl (C=O) groups excluding carboxylic acids is 1. The zero-order valence-electron chi connectivity index (χ0n) is 14.5. The maximum Gasteiger partial charge on any atom is 0.339 e. The Bertz CT molecular complexity index is 917. The highest BCUT2D eigenvalue weighted by Crippen LogP contribution is 2.28. The largest absolute Gasteiger partial charge is 0.448 e. The van der Waals surface area contributed by atoms with Crippen LogP contribution in [0.3, 0.4) is 0 Å². The van der Waals surface area contributed by atoms with Crippen molar-refractivity contribution >= 4 is 29.7 Å². The summed E-state index contributed by atoms with van der Waals surface area (Å²) < 4.78 is 5.68. The van der Waals surface area contributed by atoms with Gasteiger partial charge in [-0.1, -0.05) is 47.7 Å². The lowest BCUT2D eigenvalue weighted by atomic mass is 10.2. The van der Waals surface area contributed by atoms with Gasteiger partial charge in [0.05, 0.1) is 6.21 Å². The van der Waals surface area contributed by atoms with Gasteiger partial charge < -0.3 is 9.73 Å². The van der Waals surface area contributed by atoms with Gasteiger partial charge in [-0.3, -0.25) is 0 Å². The highest BCUT2D eigenvalue weighted by molar-refractivity contribution is 7.99. The van der Waals surface area contributed by atoms with Crippen LogP contribution in [0.25, 0.3) is 0 Å². The number of furan rings is 1. The fourth-order valence-electron chi connectivity index (χ4n) is 2.20. The van der Waals surface area contributed by atoms with Crippen LogP contribution < -0.4 is 10.7 Å². The van der Waals surface area contributed by atoms with Crippen molar-refractivity contribution in [2.24, 2.45) is 5.10 Å². The average molecular weight is 365 g/mol. The van der Waals surface area contributed by atoms with Crippen molar-refractivity contribution in [1.29, 1.82) is 0 Å². The summed E-state index contributed by atoms with van der Waals surface area (Å²) in [6, 6.07) is 19.0. The zero-order valence-corrected chi connectivity index (χ0v) is 15.3. The third-order valence-electron chi connectivity index (χ3n) is 3.59. The Labute approximate surface area is 156 Å². The number of amides is 2. The molecular weight excluding hydrogens is 346 g/mol. The maximum absolute atomic E-state index is 11.9. The van der Waals surface area contributed by atoms with Crippen LogP contribution in [-0.4, -0.2) is 12.2 Å². The zero-order chi connectivity index (χ0) is 18.4. The first-order valence-corrected chi connectivity index (χ1v) is 8.92. The minimum atomic E-state index is -0.406. The van der Waals surface area contributed by atoms with E-state index in [-0.39, 0.29) is 0 Å². The van der Waals surface area contributed by atoms with Gasteiger partial charge >= 0.3 is 6.03 Å². The normalized spacial score (nSPS) is 10.8. The van der Waals surface area contributed by atoms with Gasteiger partial charge in [0, 0.05) is 10.6 Å². The maximum atomic E-state index is 11.9. The van der Waals surface area contributed by atoms with Gasteiger partial charge in [0.15, 0.2) is 5.09 Å². The van der Waals surface area contributed by atoms with Crippen molar-refractivity contribution in [3.05, 3.63) is 77.6 Å². The Balaban J connectivity index is 1.52. The standard InChI is InChI=1S/C20H19N3O2S/c1-14-7-10-17(11-8-14)26-19-12-9-16(25-19)13-21-23-20(24)22-18-6-4-3-5-15(18)2/h3-13H,1-2H3,(H2,22,23,24). The highest BCUT2D eigenvalue weighted by atomic mass is 32.2.